The van der Waals surface area contributed by atoms with Crippen molar-refractivity contribution in [1.82, 2.24) is 4.98 Å². The summed E-state index contributed by atoms with van der Waals surface area (Å²) in [4.78, 5) is 4.08. The van der Waals surface area contributed by atoms with Gasteiger partial charge in [0.05, 0.1) is 12.8 Å². The molecule has 2 rings (SSSR count). The van der Waals surface area contributed by atoms with Crippen molar-refractivity contribution in [3.8, 4) is 5.88 Å². The van der Waals surface area contributed by atoms with Crippen molar-refractivity contribution in [2.45, 2.75) is 6.54 Å². The van der Waals surface area contributed by atoms with E-state index in [0.29, 0.717) is 18.1 Å². The molecular weight excluding hydrogens is 299 g/mol. The predicted octanol–water partition coefficient (Wildman–Crippen LogP) is 3.60. The standard InChI is InChI=1S/C13H12BrFN2O/c1-18-13-5-2-9(8-17-13)7-16-12-4-3-10(14)6-11(12)15/h2-6,8,16H,7H2,1H3. The maximum absolute atomic E-state index is 13.5. The Hall–Kier alpha value is -1.62. The Morgan fingerprint density at radius 3 is 2.78 bits per heavy atom. The van der Waals surface area contributed by atoms with Crippen molar-refractivity contribution in [3.63, 3.8) is 0 Å². The second-order valence-electron chi connectivity index (χ2n) is 3.69. The number of benzene rings is 1. The molecule has 0 amide bonds. The number of pyridine rings is 1. The van der Waals surface area contributed by atoms with Gasteiger partial charge in [-0.1, -0.05) is 22.0 Å². The number of ether oxygens (including phenoxy) is 1. The SMILES string of the molecule is COc1ccc(CNc2ccc(Br)cc2F)cn1. The third-order valence-corrected chi connectivity index (χ3v) is 2.91. The zero-order valence-electron chi connectivity index (χ0n) is 9.78. The number of methoxy groups -OCH3 is 1. The van der Waals surface area contributed by atoms with Gasteiger partial charge < -0.3 is 10.1 Å². The van der Waals surface area contributed by atoms with Gasteiger partial charge >= 0.3 is 0 Å². The highest BCUT2D eigenvalue weighted by atomic mass is 79.9. The highest BCUT2D eigenvalue weighted by molar-refractivity contribution is 9.10. The van der Waals surface area contributed by atoms with Crippen LogP contribution in [0.15, 0.2) is 41.0 Å². The van der Waals surface area contributed by atoms with Crippen molar-refractivity contribution in [3.05, 3.63) is 52.4 Å². The molecule has 0 saturated carbocycles. The second-order valence-corrected chi connectivity index (χ2v) is 4.60. The van der Waals surface area contributed by atoms with Crippen molar-refractivity contribution < 1.29 is 9.13 Å². The molecule has 0 radical (unpaired) electrons. The van der Waals surface area contributed by atoms with E-state index in [1.807, 2.05) is 6.07 Å². The van der Waals surface area contributed by atoms with Crippen LogP contribution in [0.25, 0.3) is 0 Å². The summed E-state index contributed by atoms with van der Waals surface area (Å²) >= 11 is 3.22. The van der Waals surface area contributed by atoms with E-state index in [1.54, 1.807) is 31.5 Å². The van der Waals surface area contributed by atoms with E-state index in [2.05, 4.69) is 26.2 Å². The molecule has 1 N–H and O–H groups in total. The summed E-state index contributed by atoms with van der Waals surface area (Å²) in [6, 6.07) is 8.56. The number of anilines is 1. The summed E-state index contributed by atoms with van der Waals surface area (Å²) in [6.45, 7) is 0.509. The predicted molar refractivity (Wildman–Crippen MR) is 72.2 cm³/mol. The molecule has 0 spiro atoms. The van der Waals surface area contributed by atoms with Crippen LogP contribution < -0.4 is 10.1 Å². The number of nitrogens with zero attached hydrogens (tertiary/aromatic N) is 1. The summed E-state index contributed by atoms with van der Waals surface area (Å²) < 4.78 is 19.2. The lowest BCUT2D eigenvalue weighted by Crippen LogP contribution is -2.02. The van der Waals surface area contributed by atoms with Crippen LogP contribution in [0.5, 0.6) is 5.88 Å². The Morgan fingerprint density at radius 1 is 1.33 bits per heavy atom. The summed E-state index contributed by atoms with van der Waals surface area (Å²) in [6.07, 6.45) is 1.70. The first-order valence-electron chi connectivity index (χ1n) is 5.37. The minimum Gasteiger partial charge on any atom is -0.481 e. The first kappa shape index (κ1) is 12.8. The van der Waals surface area contributed by atoms with Gasteiger partial charge in [0.1, 0.15) is 5.82 Å². The number of halogens is 2. The molecule has 0 bridgehead atoms. The maximum atomic E-state index is 13.5. The molecule has 2 aromatic rings. The zero-order valence-corrected chi connectivity index (χ0v) is 11.4. The highest BCUT2D eigenvalue weighted by Crippen LogP contribution is 2.20. The molecular formula is C13H12BrFN2O. The molecule has 0 saturated heterocycles. The molecule has 0 fully saturated rings. The van der Waals surface area contributed by atoms with Gasteiger partial charge in [-0.3, -0.25) is 0 Å². The molecule has 0 aliphatic rings. The minimum absolute atomic E-state index is 0.286. The number of nitrogens with one attached hydrogen (secondary N) is 1. The Morgan fingerprint density at radius 2 is 2.17 bits per heavy atom. The van der Waals surface area contributed by atoms with Crippen molar-refractivity contribution in [2.75, 3.05) is 12.4 Å². The third kappa shape index (κ3) is 3.20. The lowest BCUT2D eigenvalue weighted by molar-refractivity contribution is 0.397. The van der Waals surface area contributed by atoms with Crippen LogP contribution in [0.1, 0.15) is 5.56 Å². The van der Waals surface area contributed by atoms with Crippen LogP contribution in [0.4, 0.5) is 10.1 Å². The molecule has 0 aliphatic carbocycles. The normalized spacial score (nSPS) is 10.2. The summed E-state index contributed by atoms with van der Waals surface area (Å²) in [5, 5.41) is 3.02. The smallest absolute Gasteiger partial charge is 0.212 e. The quantitative estimate of drug-likeness (QED) is 0.937. The summed E-state index contributed by atoms with van der Waals surface area (Å²) in [5.41, 5.74) is 1.42. The third-order valence-electron chi connectivity index (χ3n) is 2.42. The zero-order chi connectivity index (χ0) is 13.0. The molecule has 0 atom stereocenters. The van der Waals surface area contributed by atoms with Gasteiger partial charge in [-0.2, -0.15) is 0 Å². The number of hydrogen-bond donors (Lipinski definition) is 1. The van der Waals surface area contributed by atoms with E-state index in [1.165, 1.54) is 6.07 Å². The topological polar surface area (TPSA) is 34.1 Å². The molecule has 1 aromatic carbocycles. The van der Waals surface area contributed by atoms with E-state index in [9.17, 15) is 4.39 Å². The number of aromatic nitrogens is 1. The number of hydrogen-bond acceptors (Lipinski definition) is 3. The fourth-order valence-electron chi connectivity index (χ4n) is 1.47. The lowest BCUT2D eigenvalue weighted by atomic mass is 10.2. The fourth-order valence-corrected chi connectivity index (χ4v) is 1.80. The molecule has 1 aromatic heterocycles. The number of rotatable bonds is 4. The van der Waals surface area contributed by atoms with Crippen molar-refractivity contribution in [1.29, 1.82) is 0 Å². The highest BCUT2D eigenvalue weighted by Gasteiger charge is 2.02. The monoisotopic (exact) mass is 310 g/mol. The van der Waals surface area contributed by atoms with E-state index in [0.717, 1.165) is 10.0 Å². The van der Waals surface area contributed by atoms with E-state index in [-0.39, 0.29) is 5.82 Å². The molecule has 5 heteroatoms. The molecule has 1 heterocycles. The average molecular weight is 311 g/mol. The molecule has 18 heavy (non-hydrogen) atoms. The van der Waals surface area contributed by atoms with Gasteiger partial charge in [0.15, 0.2) is 0 Å². The van der Waals surface area contributed by atoms with Crippen LogP contribution >= 0.6 is 15.9 Å². The van der Waals surface area contributed by atoms with Gasteiger partial charge in [0.25, 0.3) is 0 Å². The average Bonchev–Trinajstić information content (AvgIpc) is 2.38. The summed E-state index contributed by atoms with van der Waals surface area (Å²) in [7, 11) is 1.57. The van der Waals surface area contributed by atoms with Gasteiger partial charge in [0, 0.05) is 23.3 Å². The van der Waals surface area contributed by atoms with Crippen LogP contribution in [0.2, 0.25) is 0 Å². The van der Waals surface area contributed by atoms with Crippen LogP contribution in [-0.4, -0.2) is 12.1 Å². The minimum atomic E-state index is -0.286. The van der Waals surface area contributed by atoms with Crippen LogP contribution in [0.3, 0.4) is 0 Å². The molecule has 0 aliphatic heterocycles. The lowest BCUT2D eigenvalue weighted by Gasteiger charge is -2.08. The van der Waals surface area contributed by atoms with Crippen molar-refractivity contribution >= 4 is 21.6 Å². The summed E-state index contributed by atoms with van der Waals surface area (Å²) in [5.74, 6) is 0.277. The fraction of sp³-hybridized carbons (Fsp3) is 0.154. The largest absolute Gasteiger partial charge is 0.481 e. The Kier molecular flexibility index (Phi) is 4.15. The molecule has 3 nitrogen and oxygen atoms in total. The Balaban J connectivity index is 2.02. The van der Waals surface area contributed by atoms with Gasteiger partial charge in [-0.25, -0.2) is 9.37 Å². The first-order chi connectivity index (χ1) is 8.69. The van der Waals surface area contributed by atoms with Gasteiger partial charge in [-0.05, 0) is 23.8 Å². The molecule has 0 unspecified atom stereocenters. The van der Waals surface area contributed by atoms with Crippen molar-refractivity contribution in [2.24, 2.45) is 0 Å². The Labute approximate surface area is 113 Å². The second kappa shape index (κ2) is 5.82. The van der Waals surface area contributed by atoms with E-state index >= 15 is 0 Å². The van der Waals surface area contributed by atoms with Crippen LogP contribution in [0, 0.1) is 5.82 Å². The van der Waals surface area contributed by atoms with Gasteiger partial charge in [-0.15, -0.1) is 0 Å². The molecule has 94 valence electrons. The maximum Gasteiger partial charge on any atom is 0.212 e. The van der Waals surface area contributed by atoms with Gasteiger partial charge in [0.2, 0.25) is 5.88 Å². The van der Waals surface area contributed by atoms with E-state index in [4.69, 9.17) is 4.74 Å². The van der Waals surface area contributed by atoms with E-state index < -0.39 is 0 Å². The first-order valence-corrected chi connectivity index (χ1v) is 6.16. The Bertz CT molecular complexity index is 531. The van der Waals surface area contributed by atoms with Crippen LogP contribution in [-0.2, 0) is 6.54 Å².